The van der Waals surface area contributed by atoms with E-state index in [1.165, 1.54) is 12.1 Å². The molecule has 0 spiro atoms. The number of rotatable bonds is 6. The Morgan fingerprint density at radius 1 is 1.03 bits per heavy atom. The van der Waals surface area contributed by atoms with Crippen LogP contribution in [0, 0.1) is 17.7 Å². The van der Waals surface area contributed by atoms with Gasteiger partial charge in [-0.3, -0.25) is 19.3 Å². The van der Waals surface area contributed by atoms with Crippen molar-refractivity contribution in [2.75, 3.05) is 11.9 Å². The molecule has 0 aromatic heterocycles. The Balaban J connectivity index is 1.34. The van der Waals surface area contributed by atoms with Crippen molar-refractivity contribution >= 4 is 23.4 Å². The molecule has 30 heavy (non-hydrogen) atoms. The molecule has 2 aromatic rings. The first-order valence-corrected chi connectivity index (χ1v) is 10.1. The molecule has 4 rings (SSSR count). The fraction of sp³-hybridized carbons (Fsp3) is 0.348. The quantitative estimate of drug-likeness (QED) is 0.740. The maximum Gasteiger partial charge on any atom is 0.244 e. The highest BCUT2D eigenvalue weighted by Crippen LogP contribution is 2.37. The molecule has 1 aliphatic heterocycles. The summed E-state index contributed by atoms with van der Waals surface area (Å²) in [7, 11) is 0. The number of nitrogens with zero attached hydrogens (tertiary/aromatic N) is 1. The Hall–Kier alpha value is -3.22. The third-order valence-electron chi connectivity index (χ3n) is 5.67. The lowest BCUT2D eigenvalue weighted by molar-refractivity contribution is -0.142. The molecule has 1 saturated heterocycles. The number of hydrogen-bond donors (Lipinski definition) is 1. The predicted octanol–water partition coefficient (Wildman–Crippen LogP) is 3.52. The zero-order chi connectivity index (χ0) is 21.1. The molecule has 2 aliphatic rings. The van der Waals surface area contributed by atoms with Gasteiger partial charge in [0.1, 0.15) is 24.7 Å². The number of anilines is 1. The molecule has 0 radical (unpaired) electrons. The number of imide groups is 1. The average Bonchev–Trinajstić information content (AvgIpc) is 2.99. The van der Waals surface area contributed by atoms with Crippen LogP contribution in [-0.2, 0) is 21.0 Å². The Bertz CT molecular complexity index is 936. The van der Waals surface area contributed by atoms with Gasteiger partial charge in [-0.1, -0.05) is 31.0 Å². The molecule has 1 heterocycles. The van der Waals surface area contributed by atoms with Crippen molar-refractivity contribution in [1.29, 1.82) is 0 Å². The zero-order valence-electron chi connectivity index (χ0n) is 16.5. The summed E-state index contributed by atoms with van der Waals surface area (Å²) in [5.41, 5.74) is 1.33. The first-order valence-electron chi connectivity index (χ1n) is 10.1. The summed E-state index contributed by atoms with van der Waals surface area (Å²) in [5.74, 6) is -1.17. The molecular weight excluding hydrogens is 387 g/mol. The van der Waals surface area contributed by atoms with Crippen LogP contribution in [0.2, 0.25) is 0 Å². The van der Waals surface area contributed by atoms with E-state index in [2.05, 4.69) is 5.32 Å². The van der Waals surface area contributed by atoms with E-state index in [-0.39, 0.29) is 42.6 Å². The molecular formula is C23H23FN2O4. The molecule has 156 valence electrons. The molecule has 2 aromatic carbocycles. The maximum absolute atomic E-state index is 13.0. The zero-order valence-corrected chi connectivity index (χ0v) is 16.5. The summed E-state index contributed by atoms with van der Waals surface area (Å²) in [6.45, 7) is -0.0113. The van der Waals surface area contributed by atoms with E-state index in [9.17, 15) is 18.8 Å². The first-order chi connectivity index (χ1) is 14.5. The van der Waals surface area contributed by atoms with Crippen molar-refractivity contribution in [3.63, 3.8) is 0 Å². The van der Waals surface area contributed by atoms with E-state index >= 15 is 0 Å². The summed E-state index contributed by atoms with van der Waals surface area (Å²) in [4.78, 5) is 38.6. The lowest BCUT2D eigenvalue weighted by atomic mass is 9.81. The molecule has 2 atom stereocenters. The van der Waals surface area contributed by atoms with Gasteiger partial charge in [0.2, 0.25) is 17.7 Å². The normalized spacial score (nSPS) is 20.8. The van der Waals surface area contributed by atoms with Crippen LogP contribution in [0.4, 0.5) is 10.1 Å². The summed E-state index contributed by atoms with van der Waals surface area (Å²) in [5, 5.41) is 2.72. The Morgan fingerprint density at radius 3 is 2.37 bits per heavy atom. The highest BCUT2D eigenvalue weighted by Gasteiger charge is 2.48. The summed E-state index contributed by atoms with van der Waals surface area (Å²) >= 11 is 0. The molecule has 1 saturated carbocycles. The minimum absolute atomic E-state index is 0.226. The van der Waals surface area contributed by atoms with Crippen LogP contribution in [0.5, 0.6) is 5.75 Å². The Kier molecular flexibility index (Phi) is 5.79. The number of nitrogens with one attached hydrogen (secondary N) is 1. The van der Waals surface area contributed by atoms with E-state index in [1.807, 2.05) is 0 Å². The number of halogens is 1. The largest absolute Gasteiger partial charge is 0.489 e. The van der Waals surface area contributed by atoms with Gasteiger partial charge in [0, 0.05) is 11.8 Å². The summed E-state index contributed by atoms with van der Waals surface area (Å²) in [6.07, 6.45) is 3.34. The summed E-state index contributed by atoms with van der Waals surface area (Å²) in [6, 6.07) is 12.9. The van der Waals surface area contributed by atoms with Crippen LogP contribution in [0.3, 0.4) is 0 Å². The fourth-order valence-corrected chi connectivity index (χ4v) is 4.14. The minimum Gasteiger partial charge on any atom is -0.489 e. The van der Waals surface area contributed by atoms with Gasteiger partial charge in [-0.25, -0.2) is 4.39 Å². The third kappa shape index (κ3) is 4.35. The monoisotopic (exact) mass is 410 g/mol. The number of carbonyl (C=O) groups is 3. The van der Waals surface area contributed by atoms with Crippen LogP contribution in [-0.4, -0.2) is 29.2 Å². The first kappa shape index (κ1) is 20.1. The number of ether oxygens (including phenoxy) is 1. The van der Waals surface area contributed by atoms with Crippen molar-refractivity contribution in [1.82, 2.24) is 4.90 Å². The number of carbonyl (C=O) groups excluding carboxylic acids is 3. The van der Waals surface area contributed by atoms with Gasteiger partial charge in [0.15, 0.2) is 0 Å². The van der Waals surface area contributed by atoms with Gasteiger partial charge in [-0.2, -0.15) is 0 Å². The second kappa shape index (κ2) is 8.65. The highest BCUT2D eigenvalue weighted by atomic mass is 19.1. The number of benzene rings is 2. The SMILES string of the molecule is O=C(CN1C(=O)C2CCCCC2C1=O)Nc1cccc(OCc2ccc(F)cc2)c1. The maximum atomic E-state index is 13.0. The molecule has 0 bridgehead atoms. The van der Waals surface area contributed by atoms with Gasteiger partial charge >= 0.3 is 0 Å². The molecule has 6 nitrogen and oxygen atoms in total. The van der Waals surface area contributed by atoms with Gasteiger partial charge in [-0.15, -0.1) is 0 Å². The van der Waals surface area contributed by atoms with E-state index in [4.69, 9.17) is 4.74 Å². The second-order valence-electron chi connectivity index (χ2n) is 7.75. The predicted molar refractivity (Wildman–Crippen MR) is 108 cm³/mol. The van der Waals surface area contributed by atoms with Crippen molar-refractivity contribution in [2.45, 2.75) is 32.3 Å². The Morgan fingerprint density at radius 2 is 1.70 bits per heavy atom. The van der Waals surface area contributed by atoms with Crippen LogP contribution in [0.15, 0.2) is 48.5 Å². The van der Waals surface area contributed by atoms with Gasteiger partial charge < -0.3 is 10.1 Å². The van der Waals surface area contributed by atoms with Crippen molar-refractivity contribution < 1.29 is 23.5 Å². The van der Waals surface area contributed by atoms with Crippen LogP contribution >= 0.6 is 0 Å². The van der Waals surface area contributed by atoms with Crippen LogP contribution < -0.4 is 10.1 Å². The number of fused-ring (bicyclic) bond motifs is 1. The van der Waals surface area contributed by atoms with E-state index in [0.29, 0.717) is 11.4 Å². The fourth-order valence-electron chi connectivity index (χ4n) is 4.14. The molecule has 3 amide bonds. The van der Waals surface area contributed by atoms with Crippen molar-refractivity contribution in [3.05, 3.63) is 59.9 Å². The highest BCUT2D eigenvalue weighted by molar-refractivity contribution is 6.08. The van der Waals surface area contributed by atoms with Crippen LogP contribution in [0.25, 0.3) is 0 Å². The average molecular weight is 410 g/mol. The van der Waals surface area contributed by atoms with Crippen LogP contribution in [0.1, 0.15) is 31.2 Å². The molecule has 2 fully saturated rings. The van der Waals surface area contributed by atoms with Crippen molar-refractivity contribution in [2.24, 2.45) is 11.8 Å². The molecule has 2 unspecified atom stereocenters. The number of hydrogen-bond acceptors (Lipinski definition) is 4. The lowest BCUT2D eigenvalue weighted by Crippen LogP contribution is -2.38. The van der Waals surface area contributed by atoms with Gasteiger partial charge in [0.25, 0.3) is 0 Å². The Labute approximate surface area is 174 Å². The van der Waals surface area contributed by atoms with E-state index in [0.717, 1.165) is 36.1 Å². The molecule has 7 heteroatoms. The minimum atomic E-state index is -0.425. The standard InChI is InChI=1S/C23H23FN2O4/c24-16-10-8-15(9-11-16)14-30-18-5-3-4-17(12-18)25-21(27)13-26-22(28)19-6-1-2-7-20(19)23(26)29/h3-5,8-12,19-20H,1-2,6-7,13-14H2,(H,25,27). The number of amides is 3. The lowest BCUT2D eigenvalue weighted by Gasteiger charge is -2.19. The van der Waals surface area contributed by atoms with Crippen molar-refractivity contribution in [3.8, 4) is 5.75 Å². The molecule has 1 N–H and O–H groups in total. The topological polar surface area (TPSA) is 75.7 Å². The third-order valence-corrected chi connectivity index (χ3v) is 5.67. The van der Waals surface area contributed by atoms with Gasteiger partial charge in [0.05, 0.1) is 11.8 Å². The summed E-state index contributed by atoms with van der Waals surface area (Å²) < 4.78 is 18.7. The van der Waals surface area contributed by atoms with E-state index in [1.54, 1.807) is 36.4 Å². The van der Waals surface area contributed by atoms with E-state index < -0.39 is 5.91 Å². The second-order valence-corrected chi connectivity index (χ2v) is 7.75. The molecule has 1 aliphatic carbocycles. The number of likely N-dealkylation sites (tertiary alicyclic amines) is 1. The van der Waals surface area contributed by atoms with Gasteiger partial charge in [-0.05, 0) is 42.7 Å². The smallest absolute Gasteiger partial charge is 0.244 e.